The van der Waals surface area contributed by atoms with Crippen molar-refractivity contribution in [3.05, 3.63) is 77.4 Å². The van der Waals surface area contributed by atoms with Crippen LogP contribution in [-0.4, -0.2) is 0 Å². The number of halogens is 2. The second kappa shape index (κ2) is 9.36. The summed E-state index contributed by atoms with van der Waals surface area (Å²) in [6.07, 6.45) is 4.75. The molecule has 26 heavy (non-hydrogen) atoms. The fourth-order valence-electron chi connectivity index (χ4n) is 3.79. The van der Waals surface area contributed by atoms with Crippen LogP contribution in [0, 0.1) is 5.92 Å². The summed E-state index contributed by atoms with van der Waals surface area (Å²) in [5, 5.41) is 2.65. The Morgan fingerprint density at radius 3 is 2.31 bits per heavy atom. The molecule has 0 saturated heterocycles. The third kappa shape index (κ3) is 4.50. The van der Waals surface area contributed by atoms with Gasteiger partial charge in [-0.15, -0.1) is 0 Å². The van der Waals surface area contributed by atoms with E-state index in [0.29, 0.717) is 0 Å². The van der Waals surface area contributed by atoms with Gasteiger partial charge in [0.25, 0.3) is 0 Å². The number of fused-ring (bicyclic) bond motifs is 2. The maximum absolute atomic E-state index is 4.93. The average Bonchev–Trinajstić information content (AvgIpc) is 3.03. The summed E-state index contributed by atoms with van der Waals surface area (Å²) in [7, 11) is 9.87. The molecule has 1 aliphatic rings. The Labute approximate surface area is 174 Å². The zero-order chi connectivity index (χ0) is 18.5. The van der Waals surface area contributed by atoms with Crippen LogP contribution in [0.2, 0.25) is 0 Å². The van der Waals surface area contributed by atoms with Crippen molar-refractivity contribution in [1.82, 2.24) is 0 Å². The molecule has 3 aromatic carbocycles. The van der Waals surface area contributed by atoms with Crippen LogP contribution in [0.15, 0.2) is 66.2 Å². The van der Waals surface area contributed by atoms with Crippen LogP contribution in [0.3, 0.4) is 0 Å². The van der Waals surface area contributed by atoms with Crippen molar-refractivity contribution in [1.29, 1.82) is 0 Å². The molecule has 0 fully saturated rings. The van der Waals surface area contributed by atoms with Gasteiger partial charge in [0.2, 0.25) is 0 Å². The van der Waals surface area contributed by atoms with Gasteiger partial charge >= 0.3 is 37.9 Å². The number of hydrogen-bond acceptors (Lipinski definition) is 0. The molecule has 0 bridgehead atoms. The minimum absolute atomic E-state index is 0.719. The Bertz CT molecular complexity index is 923. The molecule has 0 aromatic heterocycles. The van der Waals surface area contributed by atoms with Gasteiger partial charge in [-0.25, -0.2) is 0 Å². The Balaban J connectivity index is 0.000000613. The fraction of sp³-hybridized carbons (Fsp3) is 0.217. The van der Waals surface area contributed by atoms with Gasteiger partial charge in [0.05, 0.1) is 0 Å². The van der Waals surface area contributed by atoms with Gasteiger partial charge in [-0.05, 0) is 51.8 Å². The van der Waals surface area contributed by atoms with E-state index in [-0.39, 0.29) is 0 Å². The van der Waals surface area contributed by atoms with Gasteiger partial charge in [0, 0.05) is 0 Å². The summed E-state index contributed by atoms with van der Waals surface area (Å²) in [5.41, 5.74) is 7.20. The van der Waals surface area contributed by atoms with Crippen molar-refractivity contribution in [3.63, 3.8) is 0 Å². The molecule has 1 aliphatic carbocycles. The zero-order valence-corrected chi connectivity index (χ0v) is 19.1. The minimum atomic E-state index is -0.826. The van der Waals surface area contributed by atoms with Crippen LogP contribution in [-0.2, 0) is 27.3 Å². The molecule has 0 amide bonds. The Morgan fingerprint density at radius 2 is 1.54 bits per heavy atom. The summed E-state index contributed by atoms with van der Waals surface area (Å²) in [5.74, 6) is 0.719. The number of hydrogen-bond donors (Lipinski definition) is 0. The SMILES string of the molecule is CC(C)CC1=Cc2c(cccc2-c2cccc3ccccc23)C1.[Cl][Zr][Cl]. The molecule has 132 valence electrons. The molecule has 0 N–H and O–H groups in total. The fourth-order valence-corrected chi connectivity index (χ4v) is 3.79. The molecule has 0 atom stereocenters. The van der Waals surface area contributed by atoms with Crippen LogP contribution in [0.25, 0.3) is 28.0 Å². The van der Waals surface area contributed by atoms with E-state index in [4.69, 9.17) is 17.0 Å². The van der Waals surface area contributed by atoms with E-state index in [0.717, 1.165) is 12.3 Å². The molecule has 0 aliphatic heterocycles. The molecule has 3 heteroatoms. The quantitative estimate of drug-likeness (QED) is 0.373. The second-order valence-corrected chi connectivity index (χ2v) is 10.8. The van der Waals surface area contributed by atoms with E-state index < -0.39 is 20.8 Å². The molecule has 0 radical (unpaired) electrons. The first-order valence-corrected chi connectivity index (χ1v) is 15.2. The van der Waals surface area contributed by atoms with Crippen molar-refractivity contribution in [3.8, 4) is 11.1 Å². The normalized spacial score (nSPS) is 12.4. The molecule has 0 nitrogen and oxygen atoms in total. The van der Waals surface area contributed by atoms with Gasteiger partial charge in [-0.1, -0.05) is 86.2 Å². The summed E-state index contributed by atoms with van der Waals surface area (Å²) < 4.78 is 0. The molecule has 0 spiro atoms. The van der Waals surface area contributed by atoms with Crippen LogP contribution >= 0.6 is 17.0 Å². The van der Waals surface area contributed by atoms with E-state index >= 15 is 0 Å². The molecule has 0 heterocycles. The Hall–Kier alpha value is -0.877. The third-order valence-electron chi connectivity index (χ3n) is 4.71. The first-order chi connectivity index (χ1) is 12.6. The average molecular weight is 461 g/mol. The molecular weight excluding hydrogens is 438 g/mol. The van der Waals surface area contributed by atoms with Gasteiger partial charge in [0.1, 0.15) is 0 Å². The number of benzene rings is 3. The number of rotatable bonds is 3. The maximum atomic E-state index is 4.93. The third-order valence-corrected chi connectivity index (χ3v) is 4.71. The van der Waals surface area contributed by atoms with Gasteiger partial charge in [-0.3, -0.25) is 0 Å². The second-order valence-electron chi connectivity index (χ2n) is 7.05. The topological polar surface area (TPSA) is 0 Å². The summed E-state index contributed by atoms with van der Waals surface area (Å²) in [4.78, 5) is 0. The van der Waals surface area contributed by atoms with Crippen LogP contribution in [0.4, 0.5) is 0 Å². The predicted octanol–water partition coefficient (Wildman–Crippen LogP) is 7.87. The van der Waals surface area contributed by atoms with Gasteiger partial charge in [-0.2, -0.15) is 0 Å². The van der Waals surface area contributed by atoms with E-state index in [1.807, 2.05) is 0 Å². The van der Waals surface area contributed by atoms with E-state index in [9.17, 15) is 0 Å². The van der Waals surface area contributed by atoms with E-state index in [2.05, 4.69) is 80.6 Å². The standard InChI is InChI=1S/C23H22.2ClH.Zr/c1-16(2)13-17-14-19-9-6-12-22(23(19)15-17)21-11-5-8-18-7-3-4-10-20(18)21;;;/h3-12,15-16H,13-14H2,1-2H3;2*1H;/q;;;+2/p-2. The molecular formula is C23H22Cl2Zr. The monoisotopic (exact) mass is 458 g/mol. The number of allylic oxidation sites excluding steroid dienone is 1. The van der Waals surface area contributed by atoms with Crippen LogP contribution < -0.4 is 0 Å². The van der Waals surface area contributed by atoms with Gasteiger partial charge < -0.3 is 0 Å². The van der Waals surface area contributed by atoms with Crippen molar-refractivity contribution in [2.75, 3.05) is 0 Å². The predicted molar refractivity (Wildman–Crippen MR) is 112 cm³/mol. The van der Waals surface area contributed by atoms with Crippen LogP contribution in [0.1, 0.15) is 31.4 Å². The first-order valence-electron chi connectivity index (χ1n) is 8.89. The molecule has 0 unspecified atom stereocenters. The Kier molecular flexibility index (Phi) is 7.15. The van der Waals surface area contributed by atoms with E-state index in [1.165, 1.54) is 39.4 Å². The van der Waals surface area contributed by atoms with E-state index in [1.54, 1.807) is 5.57 Å². The first kappa shape index (κ1) is 19.9. The van der Waals surface area contributed by atoms with Crippen LogP contribution in [0.5, 0.6) is 0 Å². The van der Waals surface area contributed by atoms with Crippen molar-refractivity contribution < 1.29 is 20.8 Å². The van der Waals surface area contributed by atoms with Crippen molar-refractivity contribution in [2.45, 2.75) is 26.7 Å². The van der Waals surface area contributed by atoms with Gasteiger partial charge in [0.15, 0.2) is 0 Å². The van der Waals surface area contributed by atoms with Crippen molar-refractivity contribution >= 4 is 33.9 Å². The molecule has 4 rings (SSSR count). The zero-order valence-electron chi connectivity index (χ0n) is 15.1. The summed E-state index contributed by atoms with van der Waals surface area (Å²) in [6, 6.07) is 22.1. The van der Waals surface area contributed by atoms with Crippen molar-refractivity contribution in [2.24, 2.45) is 5.92 Å². The Morgan fingerprint density at radius 1 is 0.885 bits per heavy atom. The summed E-state index contributed by atoms with van der Waals surface area (Å²) in [6.45, 7) is 4.60. The summed E-state index contributed by atoms with van der Waals surface area (Å²) >= 11 is -0.826. The molecule has 3 aromatic rings. The molecule has 0 saturated carbocycles.